The van der Waals surface area contributed by atoms with E-state index in [1.807, 2.05) is 30.3 Å². The van der Waals surface area contributed by atoms with Gasteiger partial charge < -0.3 is 4.90 Å². The molecule has 0 bridgehead atoms. The number of halogens is 2. The van der Waals surface area contributed by atoms with Gasteiger partial charge in [0, 0.05) is 35.2 Å². The number of nitrogens with zero attached hydrogens (tertiary/aromatic N) is 1. The highest BCUT2D eigenvalue weighted by Crippen LogP contribution is 2.42. The van der Waals surface area contributed by atoms with Crippen LogP contribution in [0.4, 0.5) is 0 Å². The number of hydrogen-bond acceptors (Lipinski definition) is 2. The normalized spacial score (nSPS) is 20.0. The van der Waals surface area contributed by atoms with Gasteiger partial charge in [-0.25, -0.2) is 0 Å². The zero-order valence-electron chi connectivity index (χ0n) is 15.1. The number of benzene rings is 2. The van der Waals surface area contributed by atoms with E-state index in [1.54, 1.807) is 31.3 Å². The maximum absolute atomic E-state index is 13.0. The fourth-order valence-electron chi connectivity index (χ4n) is 3.71. The fraction of sp³-hybridized carbons (Fsp3) is 0.273. The predicted octanol–water partition coefficient (Wildman–Crippen LogP) is 5.50. The summed E-state index contributed by atoms with van der Waals surface area (Å²) in [4.78, 5) is 27.5. The molecule has 0 saturated heterocycles. The van der Waals surface area contributed by atoms with Gasteiger partial charge in [-0.2, -0.15) is 0 Å². The molecule has 0 spiro atoms. The van der Waals surface area contributed by atoms with Crippen molar-refractivity contribution in [3.05, 3.63) is 75.8 Å². The quantitative estimate of drug-likeness (QED) is 0.633. The zero-order valence-corrected chi connectivity index (χ0v) is 16.6. The van der Waals surface area contributed by atoms with E-state index in [1.165, 1.54) is 11.0 Å². The van der Waals surface area contributed by atoms with E-state index >= 15 is 0 Å². The molecule has 1 aliphatic carbocycles. The summed E-state index contributed by atoms with van der Waals surface area (Å²) >= 11 is 12.4. The molecule has 2 aromatic rings. The zero-order chi connectivity index (χ0) is 19.4. The molecule has 1 saturated carbocycles. The number of Topliss-reactive ketones (excluding diaryl/α,β-unsaturated/α-hetero) is 1. The van der Waals surface area contributed by atoms with Crippen LogP contribution in [0.15, 0.2) is 54.6 Å². The van der Waals surface area contributed by atoms with Crippen LogP contribution in [-0.4, -0.2) is 23.6 Å². The van der Waals surface area contributed by atoms with Crippen molar-refractivity contribution in [2.24, 2.45) is 0 Å². The first-order valence-corrected chi connectivity index (χ1v) is 9.70. The van der Waals surface area contributed by atoms with Crippen LogP contribution in [0.1, 0.15) is 36.8 Å². The van der Waals surface area contributed by atoms with E-state index in [0.717, 1.165) is 18.4 Å². The molecular formula is C22H21Cl2NO2. The third kappa shape index (κ3) is 3.95. The number of ketones is 1. The Balaban J connectivity index is 1.96. The number of rotatable bonds is 4. The van der Waals surface area contributed by atoms with Gasteiger partial charge >= 0.3 is 0 Å². The first-order chi connectivity index (χ1) is 12.9. The van der Waals surface area contributed by atoms with E-state index < -0.39 is 5.54 Å². The van der Waals surface area contributed by atoms with Crippen LogP contribution in [-0.2, 0) is 15.1 Å². The van der Waals surface area contributed by atoms with Crippen molar-refractivity contribution in [1.82, 2.24) is 4.90 Å². The lowest BCUT2D eigenvalue weighted by atomic mass is 9.74. The minimum Gasteiger partial charge on any atom is -0.325 e. The summed E-state index contributed by atoms with van der Waals surface area (Å²) in [5, 5.41) is 1.11. The summed E-state index contributed by atoms with van der Waals surface area (Å²) < 4.78 is 0. The third-order valence-corrected chi connectivity index (χ3v) is 5.71. The van der Waals surface area contributed by atoms with Gasteiger partial charge in [0.2, 0.25) is 5.91 Å². The van der Waals surface area contributed by atoms with Gasteiger partial charge in [0.25, 0.3) is 0 Å². The summed E-state index contributed by atoms with van der Waals surface area (Å²) in [5.41, 5.74) is 0.501. The van der Waals surface area contributed by atoms with Crippen molar-refractivity contribution < 1.29 is 9.59 Å². The molecule has 3 nitrogen and oxygen atoms in total. The van der Waals surface area contributed by atoms with E-state index in [-0.39, 0.29) is 11.7 Å². The molecule has 0 aromatic heterocycles. The van der Waals surface area contributed by atoms with Crippen molar-refractivity contribution in [3.63, 3.8) is 0 Å². The largest absolute Gasteiger partial charge is 0.325 e. The molecule has 5 heteroatoms. The van der Waals surface area contributed by atoms with Crippen molar-refractivity contribution in [2.75, 3.05) is 7.05 Å². The Morgan fingerprint density at radius 3 is 2.59 bits per heavy atom. The lowest BCUT2D eigenvalue weighted by Crippen LogP contribution is -2.53. The summed E-state index contributed by atoms with van der Waals surface area (Å²) in [6, 6.07) is 14.5. The standard InChI is InChI=1S/C22H21Cl2NO2/c1-25(21(27)13-12-16-7-6-8-17(23)15-16)22(14-5-4-11-20(22)26)18-9-2-3-10-19(18)24/h2-3,6-10,12-13,15H,4-5,11,14H2,1H3/b13-12+/t22-/m0/s1. The Hall–Kier alpha value is -2.10. The van der Waals surface area contributed by atoms with Crippen molar-refractivity contribution in [3.8, 4) is 0 Å². The van der Waals surface area contributed by atoms with Crippen LogP contribution in [0.2, 0.25) is 10.0 Å². The van der Waals surface area contributed by atoms with Gasteiger partial charge in [0.1, 0.15) is 5.54 Å². The molecule has 140 valence electrons. The Labute approximate surface area is 169 Å². The molecule has 2 aromatic carbocycles. The van der Waals surface area contributed by atoms with Gasteiger partial charge in [-0.1, -0.05) is 53.5 Å². The van der Waals surface area contributed by atoms with Crippen molar-refractivity contribution in [2.45, 2.75) is 31.2 Å². The van der Waals surface area contributed by atoms with E-state index in [9.17, 15) is 9.59 Å². The van der Waals surface area contributed by atoms with Gasteiger partial charge in [0.05, 0.1) is 0 Å². The molecule has 1 aliphatic rings. The van der Waals surface area contributed by atoms with E-state index in [0.29, 0.717) is 28.5 Å². The lowest BCUT2D eigenvalue weighted by molar-refractivity contribution is -0.144. The maximum atomic E-state index is 13.0. The van der Waals surface area contributed by atoms with Gasteiger partial charge in [-0.05, 0) is 49.1 Å². The second-order valence-electron chi connectivity index (χ2n) is 6.76. The third-order valence-electron chi connectivity index (χ3n) is 5.14. The highest BCUT2D eigenvalue weighted by Gasteiger charge is 2.47. The summed E-state index contributed by atoms with van der Waals surface area (Å²) in [6.07, 6.45) is 5.91. The molecule has 0 radical (unpaired) electrons. The maximum Gasteiger partial charge on any atom is 0.247 e. The lowest BCUT2D eigenvalue weighted by Gasteiger charge is -2.43. The Morgan fingerprint density at radius 1 is 1.11 bits per heavy atom. The van der Waals surface area contributed by atoms with Gasteiger partial charge in [0.15, 0.2) is 5.78 Å². The molecule has 1 atom stereocenters. The minimum absolute atomic E-state index is 0.0360. The van der Waals surface area contributed by atoms with Gasteiger partial charge in [-0.15, -0.1) is 0 Å². The van der Waals surface area contributed by atoms with Gasteiger partial charge in [-0.3, -0.25) is 9.59 Å². The predicted molar refractivity (Wildman–Crippen MR) is 110 cm³/mol. The topological polar surface area (TPSA) is 37.4 Å². The molecule has 1 amide bonds. The summed E-state index contributed by atoms with van der Waals surface area (Å²) in [7, 11) is 1.68. The van der Waals surface area contributed by atoms with Crippen LogP contribution < -0.4 is 0 Å². The first kappa shape index (κ1) is 19.7. The molecular weight excluding hydrogens is 381 g/mol. The molecule has 1 fully saturated rings. The number of hydrogen-bond donors (Lipinski definition) is 0. The highest BCUT2D eigenvalue weighted by molar-refractivity contribution is 6.32. The average molecular weight is 402 g/mol. The Kier molecular flexibility index (Phi) is 6.03. The Bertz CT molecular complexity index is 893. The second kappa shape index (κ2) is 8.28. The van der Waals surface area contributed by atoms with E-state index in [2.05, 4.69) is 0 Å². The highest BCUT2D eigenvalue weighted by atomic mass is 35.5. The first-order valence-electron chi connectivity index (χ1n) is 8.95. The molecule has 0 unspecified atom stereocenters. The van der Waals surface area contributed by atoms with Crippen LogP contribution in [0.3, 0.4) is 0 Å². The second-order valence-corrected chi connectivity index (χ2v) is 7.60. The van der Waals surface area contributed by atoms with Crippen LogP contribution in [0.5, 0.6) is 0 Å². The van der Waals surface area contributed by atoms with Crippen LogP contribution in [0, 0.1) is 0 Å². The average Bonchev–Trinajstić information content (AvgIpc) is 2.67. The number of carbonyl (C=O) groups excluding carboxylic acids is 2. The number of amides is 1. The fourth-order valence-corrected chi connectivity index (χ4v) is 4.20. The van der Waals surface area contributed by atoms with Crippen molar-refractivity contribution >= 4 is 41.0 Å². The van der Waals surface area contributed by atoms with Crippen molar-refractivity contribution in [1.29, 1.82) is 0 Å². The molecule has 0 heterocycles. The number of likely N-dealkylation sites (N-methyl/N-ethyl adjacent to an activating group) is 1. The molecule has 3 rings (SSSR count). The number of carbonyl (C=O) groups is 2. The minimum atomic E-state index is -1.02. The van der Waals surface area contributed by atoms with Crippen LogP contribution >= 0.6 is 23.2 Å². The summed E-state index contributed by atoms with van der Waals surface area (Å²) in [6.45, 7) is 0. The molecule has 0 N–H and O–H groups in total. The van der Waals surface area contributed by atoms with Crippen LogP contribution in [0.25, 0.3) is 6.08 Å². The molecule has 0 aliphatic heterocycles. The van der Waals surface area contributed by atoms with E-state index in [4.69, 9.17) is 23.2 Å². The molecule has 27 heavy (non-hydrogen) atoms. The SMILES string of the molecule is CN(C(=O)/C=C/c1cccc(Cl)c1)[C@]1(c2ccccc2Cl)CCCCC1=O. The monoisotopic (exact) mass is 401 g/mol. The Morgan fingerprint density at radius 2 is 1.89 bits per heavy atom. The summed E-state index contributed by atoms with van der Waals surface area (Å²) in [5.74, 6) is -0.209. The smallest absolute Gasteiger partial charge is 0.247 e.